The van der Waals surface area contributed by atoms with Crippen LogP contribution in [0.25, 0.3) is 0 Å². The highest BCUT2D eigenvalue weighted by atomic mass is 16.1. The molecule has 1 aromatic heterocycles. The molecule has 0 bridgehead atoms. The predicted molar refractivity (Wildman–Crippen MR) is 81.3 cm³/mol. The van der Waals surface area contributed by atoms with Crippen LogP contribution in [0.2, 0.25) is 0 Å². The number of hydrogen-bond donors (Lipinski definition) is 2. The van der Waals surface area contributed by atoms with E-state index >= 15 is 0 Å². The smallest absolute Gasteiger partial charge is 0.270 e. The quantitative estimate of drug-likeness (QED) is 0.871. The van der Waals surface area contributed by atoms with Gasteiger partial charge < -0.3 is 11.1 Å². The maximum absolute atomic E-state index is 12.3. The fourth-order valence-corrected chi connectivity index (χ4v) is 3.12. The van der Waals surface area contributed by atoms with Crippen molar-refractivity contribution in [2.75, 3.05) is 5.73 Å². The van der Waals surface area contributed by atoms with E-state index in [1.807, 2.05) is 0 Å². The molecule has 1 saturated carbocycles. The number of rotatable bonds is 2. The highest BCUT2D eigenvalue weighted by Crippen LogP contribution is 2.38. The molecule has 20 heavy (non-hydrogen) atoms. The van der Waals surface area contributed by atoms with Crippen LogP contribution in [0.15, 0.2) is 18.3 Å². The first kappa shape index (κ1) is 14.8. The third-order valence-corrected chi connectivity index (χ3v) is 4.21. The van der Waals surface area contributed by atoms with Gasteiger partial charge in [0.1, 0.15) is 5.69 Å². The molecule has 4 heteroatoms. The van der Waals surface area contributed by atoms with Gasteiger partial charge in [-0.3, -0.25) is 4.79 Å². The number of nitrogens with zero attached hydrogens (tertiary/aromatic N) is 1. The summed E-state index contributed by atoms with van der Waals surface area (Å²) < 4.78 is 0. The maximum atomic E-state index is 12.3. The molecular formula is C16H25N3O. The molecule has 1 aliphatic rings. The summed E-state index contributed by atoms with van der Waals surface area (Å²) in [5, 5.41) is 3.17. The molecule has 0 spiro atoms. The van der Waals surface area contributed by atoms with Crippen LogP contribution in [0.5, 0.6) is 0 Å². The molecule has 110 valence electrons. The fraction of sp³-hybridized carbons (Fsp3) is 0.625. The van der Waals surface area contributed by atoms with Gasteiger partial charge in [0.2, 0.25) is 0 Å². The van der Waals surface area contributed by atoms with Crippen LogP contribution < -0.4 is 11.1 Å². The van der Waals surface area contributed by atoms with Crippen molar-refractivity contribution in [3.05, 3.63) is 24.0 Å². The van der Waals surface area contributed by atoms with Gasteiger partial charge in [-0.1, -0.05) is 33.6 Å². The van der Waals surface area contributed by atoms with Crippen LogP contribution in [0.1, 0.15) is 56.9 Å². The molecule has 2 rings (SSSR count). The van der Waals surface area contributed by atoms with Gasteiger partial charge in [0.05, 0.1) is 11.9 Å². The van der Waals surface area contributed by atoms with Crippen molar-refractivity contribution in [2.24, 2.45) is 11.3 Å². The Morgan fingerprint density at radius 3 is 2.60 bits per heavy atom. The molecule has 0 saturated heterocycles. The van der Waals surface area contributed by atoms with Crippen molar-refractivity contribution in [3.8, 4) is 0 Å². The Bertz CT molecular complexity index is 462. The fourth-order valence-electron chi connectivity index (χ4n) is 3.12. The normalized spacial score (nSPS) is 23.4. The maximum Gasteiger partial charge on any atom is 0.270 e. The monoisotopic (exact) mass is 275 g/mol. The van der Waals surface area contributed by atoms with Crippen LogP contribution in [-0.4, -0.2) is 16.9 Å². The number of hydrogen-bond acceptors (Lipinski definition) is 3. The predicted octanol–water partition coefficient (Wildman–Crippen LogP) is 3.00. The van der Waals surface area contributed by atoms with Gasteiger partial charge in [0.15, 0.2) is 0 Å². The molecule has 2 atom stereocenters. The Morgan fingerprint density at radius 1 is 1.30 bits per heavy atom. The number of nitrogen functional groups attached to an aromatic ring is 1. The van der Waals surface area contributed by atoms with Crippen LogP contribution in [0, 0.1) is 11.3 Å². The Hall–Kier alpha value is -1.58. The Labute approximate surface area is 121 Å². The summed E-state index contributed by atoms with van der Waals surface area (Å²) in [5.74, 6) is 0.431. The molecule has 4 nitrogen and oxygen atoms in total. The van der Waals surface area contributed by atoms with E-state index in [4.69, 9.17) is 5.73 Å². The zero-order valence-corrected chi connectivity index (χ0v) is 12.6. The molecule has 1 aliphatic carbocycles. The first-order chi connectivity index (χ1) is 9.38. The van der Waals surface area contributed by atoms with Gasteiger partial charge in [-0.05, 0) is 36.3 Å². The molecule has 1 fully saturated rings. The summed E-state index contributed by atoms with van der Waals surface area (Å²) in [6.45, 7) is 6.76. The minimum absolute atomic E-state index is 0.0915. The lowest BCUT2D eigenvalue weighted by Crippen LogP contribution is -2.46. The van der Waals surface area contributed by atoms with Crippen molar-refractivity contribution in [1.29, 1.82) is 0 Å². The van der Waals surface area contributed by atoms with Gasteiger partial charge >= 0.3 is 0 Å². The zero-order valence-electron chi connectivity index (χ0n) is 12.6. The largest absolute Gasteiger partial charge is 0.397 e. The van der Waals surface area contributed by atoms with E-state index in [0.29, 0.717) is 17.3 Å². The van der Waals surface area contributed by atoms with Crippen molar-refractivity contribution in [1.82, 2.24) is 10.3 Å². The van der Waals surface area contributed by atoms with Gasteiger partial charge in [-0.2, -0.15) is 0 Å². The molecule has 0 aromatic carbocycles. The highest BCUT2D eigenvalue weighted by Gasteiger charge is 2.35. The summed E-state index contributed by atoms with van der Waals surface area (Å²) in [6, 6.07) is 3.64. The van der Waals surface area contributed by atoms with Crippen LogP contribution >= 0.6 is 0 Å². The molecule has 1 heterocycles. The summed E-state index contributed by atoms with van der Waals surface area (Å²) in [5.41, 5.74) is 6.83. The van der Waals surface area contributed by atoms with Gasteiger partial charge in [0.25, 0.3) is 5.91 Å². The molecule has 2 unspecified atom stereocenters. The topological polar surface area (TPSA) is 68.0 Å². The van der Waals surface area contributed by atoms with Crippen molar-refractivity contribution < 1.29 is 4.79 Å². The van der Waals surface area contributed by atoms with Crippen molar-refractivity contribution in [2.45, 2.75) is 52.5 Å². The Morgan fingerprint density at radius 2 is 2.00 bits per heavy atom. The van der Waals surface area contributed by atoms with Crippen LogP contribution in [-0.2, 0) is 0 Å². The molecular weight excluding hydrogens is 250 g/mol. The van der Waals surface area contributed by atoms with E-state index in [2.05, 4.69) is 31.1 Å². The number of anilines is 1. The number of carbonyl (C=O) groups excluding carboxylic acids is 1. The number of nitrogens with one attached hydrogen (secondary N) is 1. The van der Waals surface area contributed by atoms with E-state index < -0.39 is 0 Å². The Balaban J connectivity index is 2.07. The van der Waals surface area contributed by atoms with E-state index in [-0.39, 0.29) is 17.4 Å². The summed E-state index contributed by atoms with van der Waals surface area (Å²) in [6.07, 6.45) is 6.21. The molecule has 1 amide bonds. The SMILES string of the molecule is CC(C)(C)C1CCCCC1NC(=O)c1ccc(N)cn1. The van der Waals surface area contributed by atoms with Crippen molar-refractivity contribution in [3.63, 3.8) is 0 Å². The van der Waals surface area contributed by atoms with Gasteiger partial charge in [-0.25, -0.2) is 4.98 Å². The second-order valence-corrected chi connectivity index (χ2v) is 6.81. The second kappa shape index (κ2) is 5.81. The number of nitrogens with two attached hydrogens (primary N) is 1. The van der Waals surface area contributed by atoms with E-state index in [1.165, 1.54) is 25.5 Å². The minimum Gasteiger partial charge on any atom is -0.397 e. The zero-order chi connectivity index (χ0) is 14.8. The average molecular weight is 275 g/mol. The third-order valence-electron chi connectivity index (χ3n) is 4.21. The molecule has 0 aliphatic heterocycles. The number of pyridine rings is 1. The second-order valence-electron chi connectivity index (χ2n) is 6.81. The first-order valence-corrected chi connectivity index (χ1v) is 7.40. The number of carbonyl (C=O) groups is 1. The molecule has 3 N–H and O–H groups in total. The number of aromatic nitrogens is 1. The van der Waals surface area contributed by atoms with E-state index in [9.17, 15) is 4.79 Å². The van der Waals surface area contributed by atoms with Gasteiger partial charge in [0, 0.05) is 6.04 Å². The minimum atomic E-state index is -0.0915. The van der Waals surface area contributed by atoms with E-state index in [0.717, 1.165) is 6.42 Å². The summed E-state index contributed by atoms with van der Waals surface area (Å²) in [4.78, 5) is 16.4. The van der Waals surface area contributed by atoms with Gasteiger partial charge in [-0.15, -0.1) is 0 Å². The lowest BCUT2D eigenvalue weighted by molar-refractivity contribution is 0.0825. The first-order valence-electron chi connectivity index (χ1n) is 7.40. The lowest BCUT2D eigenvalue weighted by atomic mass is 9.69. The molecule has 0 radical (unpaired) electrons. The lowest BCUT2D eigenvalue weighted by Gasteiger charge is -2.40. The number of amides is 1. The molecule has 1 aromatic rings. The van der Waals surface area contributed by atoms with Crippen molar-refractivity contribution >= 4 is 11.6 Å². The Kier molecular flexibility index (Phi) is 4.31. The van der Waals surface area contributed by atoms with E-state index in [1.54, 1.807) is 12.1 Å². The average Bonchev–Trinajstić information content (AvgIpc) is 2.38. The van der Waals surface area contributed by atoms with Crippen LogP contribution in [0.3, 0.4) is 0 Å². The summed E-state index contributed by atoms with van der Waals surface area (Å²) in [7, 11) is 0. The third kappa shape index (κ3) is 3.50. The standard InChI is InChI=1S/C16H25N3O/c1-16(2,3)12-6-4-5-7-13(12)19-15(20)14-9-8-11(17)10-18-14/h8-10,12-13H,4-7,17H2,1-3H3,(H,19,20). The summed E-state index contributed by atoms with van der Waals surface area (Å²) >= 11 is 0. The highest BCUT2D eigenvalue weighted by molar-refractivity contribution is 5.92. The van der Waals surface area contributed by atoms with Crippen LogP contribution in [0.4, 0.5) is 5.69 Å².